The van der Waals surface area contributed by atoms with Gasteiger partial charge in [-0.3, -0.25) is 4.79 Å². The van der Waals surface area contributed by atoms with Crippen LogP contribution in [0.25, 0.3) is 0 Å². The fraction of sp³-hybridized carbons (Fsp3) is 0.385. The van der Waals surface area contributed by atoms with Crippen molar-refractivity contribution in [2.24, 2.45) is 0 Å². The highest BCUT2D eigenvalue weighted by Crippen LogP contribution is 2.15. The van der Waals surface area contributed by atoms with Gasteiger partial charge in [-0.05, 0) is 12.8 Å². The first-order chi connectivity index (χ1) is 8.70. The van der Waals surface area contributed by atoms with E-state index in [1.54, 1.807) is 12.3 Å². The molecule has 18 heavy (non-hydrogen) atoms. The van der Waals surface area contributed by atoms with E-state index in [0.29, 0.717) is 18.8 Å². The molecule has 0 aliphatic rings. The molecule has 4 nitrogen and oxygen atoms in total. The van der Waals surface area contributed by atoms with Crippen LogP contribution in [0.5, 0.6) is 0 Å². The van der Waals surface area contributed by atoms with Crippen LogP contribution < -0.4 is 10.9 Å². The molecule has 0 fully saturated rings. The lowest BCUT2D eigenvalue weighted by molar-refractivity contribution is 0.652. The summed E-state index contributed by atoms with van der Waals surface area (Å²) in [5, 5.41) is 7.23. The molecule has 0 unspecified atom stereocenters. The third kappa shape index (κ3) is 3.94. The lowest BCUT2D eigenvalue weighted by Crippen LogP contribution is -2.23. The van der Waals surface area contributed by atoms with Crippen LogP contribution in [0.3, 0.4) is 0 Å². The highest BCUT2D eigenvalue weighted by molar-refractivity contribution is 6.32. The summed E-state index contributed by atoms with van der Waals surface area (Å²) < 4.78 is 1.26. The van der Waals surface area contributed by atoms with Crippen LogP contribution in [0, 0.1) is 12.3 Å². The Hall–Kier alpha value is -1.73. The van der Waals surface area contributed by atoms with E-state index in [9.17, 15) is 4.79 Å². The SMILES string of the molecule is C#CCCCCNc1cnn(CC=C)c(=O)c1Cl. The van der Waals surface area contributed by atoms with Gasteiger partial charge in [-0.1, -0.05) is 17.7 Å². The molecule has 0 spiro atoms. The monoisotopic (exact) mass is 265 g/mol. The second-order valence-corrected chi connectivity index (χ2v) is 4.11. The Morgan fingerprint density at radius 2 is 2.39 bits per heavy atom. The van der Waals surface area contributed by atoms with E-state index in [2.05, 4.69) is 22.9 Å². The van der Waals surface area contributed by atoms with E-state index in [4.69, 9.17) is 18.0 Å². The zero-order chi connectivity index (χ0) is 13.4. The molecule has 1 aromatic heterocycles. The third-order valence-corrected chi connectivity index (χ3v) is 2.72. The van der Waals surface area contributed by atoms with Gasteiger partial charge in [0.05, 0.1) is 18.4 Å². The summed E-state index contributed by atoms with van der Waals surface area (Å²) in [5.41, 5.74) is 0.243. The van der Waals surface area contributed by atoms with Crippen molar-refractivity contribution in [1.82, 2.24) is 9.78 Å². The van der Waals surface area contributed by atoms with Crippen LogP contribution in [0.2, 0.25) is 5.02 Å². The number of terminal acetylenes is 1. The molecule has 0 aliphatic carbocycles. The van der Waals surface area contributed by atoms with Crippen molar-refractivity contribution in [3.05, 3.63) is 34.2 Å². The number of nitrogens with one attached hydrogen (secondary N) is 1. The van der Waals surface area contributed by atoms with Crippen molar-refractivity contribution in [3.63, 3.8) is 0 Å². The van der Waals surface area contributed by atoms with Gasteiger partial charge in [0.2, 0.25) is 0 Å². The maximum Gasteiger partial charge on any atom is 0.287 e. The number of hydrogen-bond donors (Lipinski definition) is 1. The molecular weight excluding hydrogens is 250 g/mol. The highest BCUT2D eigenvalue weighted by Gasteiger charge is 2.07. The molecular formula is C13H16ClN3O. The van der Waals surface area contributed by atoms with Gasteiger partial charge in [-0.15, -0.1) is 18.9 Å². The lowest BCUT2D eigenvalue weighted by Gasteiger charge is -2.08. The van der Waals surface area contributed by atoms with Crippen molar-refractivity contribution >= 4 is 17.3 Å². The Balaban J connectivity index is 2.62. The van der Waals surface area contributed by atoms with Gasteiger partial charge in [0, 0.05) is 13.0 Å². The molecule has 1 heterocycles. The molecule has 5 heteroatoms. The quantitative estimate of drug-likeness (QED) is 0.467. The topological polar surface area (TPSA) is 46.9 Å². The fourth-order valence-electron chi connectivity index (χ4n) is 1.42. The van der Waals surface area contributed by atoms with E-state index in [1.807, 2.05) is 0 Å². The standard InChI is InChI=1S/C13H16ClN3O/c1-3-5-6-7-8-15-11-10-16-17(9-4-2)13(18)12(11)14/h1,4,10,15H,2,5-9H2. The second-order valence-electron chi connectivity index (χ2n) is 3.74. The minimum atomic E-state index is -0.315. The lowest BCUT2D eigenvalue weighted by atomic mass is 10.2. The molecule has 0 aromatic carbocycles. The first kappa shape index (κ1) is 14.3. The summed E-state index contributed by atoms with van der Waals surface area (Å²) in [4.78, 5) is 11.8. The fourth-order valence-corrected chi connectivity index (χ4v) is 1.63. The number of halogens is 1. The summed E-state index contributed by atoms with van der Waals surface area (Å²) >= 11 is 5.97. The summed E-state index contributed by atoms with van der Waals surface area (Å²) in [6.45, 7) is 4.62. The number of aromatic nitrogens is 2. The number of nitrogens with zero attached hydrogens (tertiary/aromatic N) is 2. The van der Waals surface area contributed by atoms with Gasteiger partial charge < -0.3 is 5.32 Å². The van der Waals surface area contributed by atoms with Gasteiger partial charge in [0.1, 0.15) is 5.02 Å². The Labute approximate surface area is 112 Å². The second kappa shape index (κ2) is 7.57. The van der Waals surface area contributed by atoms with Gasteiger partial charge in [0.15, 0.2) is 0 Å². The number of allylic oxidation sites excluding steroid dienone is 1. The zero-order valence-electron chi connectivity index (χ0n) is 10.2. The zero-order valence-corrected chi connectivity index (χ0v) is 10.9. The van der Waals surface area contributed by atoms with Crippen molar-refractivity contribution in [2.75, 3.05) is 11.9 Å². The van der Waals surface area contributed by atoms with Crippen molar-refractivity contribution < 1.29 is 0 Å². The minimum absolute atomic E-state index is 0.156. The molecule has 0 atom stereocenters. The van der Waals surface area contributed by atoms with Crippen LogP contribution in [0.1, 0.15) is 19.3 Å². The molecule has 0 saturated heterocycles. The number of anilines is 1. The van der Waals surface area contributed by atoms with E-state index in [-0.39, 0.29) is 10.6 Å². The van der Waals surface area contributed by atoms with Crippen LogP contribution in [0.15, 0.2) is 23.6 Å². The molecule has 1 rings (SSSR count). The van der Waals surface area contributed by atoms with Gasteiger partial charge in [-0.25, -0.2) is 4.68 Å². The van der Waals surface area contributed by atoms with E-state index in [1.165, 1.54) is 4.68 Å². The maximum atomic E-state index is 11.8. The van der Waals surface area contributed by atoms with Crippen molar-refractivity contribution in [3.8, 4) is 12.3 Å². The van der Waals surface area contributed by atoms with E-state index in [0.717, 1.165) is 19.3 Å². The maximum absolute atomic E-state index is 11.8. The minimum Gasteiger partial charge on any atom is -0.382 e. The van der Waals surface area contributed by atoms with Crippen LogP contribution in [-0.2, 0) is 6.54 Å². The third-order valence-electron chi connectivity index (χ3n) is 2.35. The number of unbranched alkanes of at least 4 members (excludes halogenated alkanes) is 2. The summed E-state index contributed by atoms with van der Waals surface area (Å²) in [6.07, 6.45) is 10.9. The molecule has 1 N–H and O–H groups in total. The molecule has 0 saturated carbocycles. The van der Waals surface area contributed by atoms with E-state index >= 15 is 0 Å². The molecule has 0 aliphatic heterocycles. The van der Waals surface area contributed by atoms with Crippen LogP contribution >= 0.6 is 11.6 Å². The molecule has 0 amide bonds. The van der Waals surface area contributed by atoms with Crippen molar-refractivity contribution in [2.45, 2.75) is 25.8 Å². The predicted octanol–water partition coefficient (Wildman–Crippen LogP) is 2.30. The van der Waals surface area contributed by atoms with Crippen molar-refractivity contribution in [1.29, 1.82) is 0 Å². The Morgan fingerprint density at radius 3 is 3.06 bits per heavy atom. The summed E-state index contributed by atoms with van der Waals surface area (Å²) in [5.74, 6) is 2.58. The molecule has 1 aromatic rings. The highest BCUT2D eigenvalue weighted by atomic mass is 35.5. The number of hydrogen-bond acceptors (Lipinski definition) is 3. The Morgan fingerprint density at radius 1 is 1.61 bits per heavy atom. The first-order valence-electron chi connectivity index (χ1n) is 5.74. The van der Waals surface area contributed by atoms with Gasteiger partial charge >= 0.3 is 0 Å². The van der Waals surface area contributed by atoms with Crippen LogP contribution in [-0.4, -0.2) is 16.3 Å². The Kier molecular flexibility index (Phi) is 6.03. The average Bonchev–Trinajstić information content (AvgIpc) is 2.37. The summed E-state index contributed by atoms with van der Waals surface area (Å²) in [6, 6.07) is 0. The molecule has 0 bridgehead atoms. The smallest absolute Gasteiger partial charge is 0.287 e. The normalized spacial score (nSPS) is 9.78. The molecule has 96 valence electrons. The van der Waals surface area contributed by atoms with Gasteiger partial charge in [0.25, 0.3) is 5.56 Å². The average molecular weight is 266 g/mol. The van der Waals surface area contributed by atoms with Crippen LogP contribution in [0.4, 0.5) is 5.69 Å². The Bertz CT molecular complexity index is 502. The predicted molar refractivity (Wildman–Crippen MR) is 74.9 cm³/mol. The van der Waals surface area contributed by atoms with E-state index < -0.39 is 0 Å². The largest absolute Gasteiger partial charge is 0.382 e. The first-order valence-corrected chi connectivity index (χ1v) is 6.12. The molecule has 0 radical (unpaired) electrons. The summed E-state index contributed by atoms with van der Waals surface area (Å²) in [7, 11) is 0. The number of rotatable bonds is 7. The van der Waals surface area contributed by atoms with Gasteiger partial charge in [-0.2, -0.15) is 5.10 Å².